The van der Waals surface area contributed by atoms with Crippen molar-refractivity contribution in [2.45, 2.75) is 66.0 Å². The minimum absolute atomic E-state index is 0.439. The largest absolute Gasteiger partial charge is 0.444 e. The molecule has 0 aromatic carbocycles. The number of guanidine groups is 1. The van der Waals surface area contributed by atoms with E-state index in [9.17, 15) is 4.79 Å². The van der Waals surface area contributed by atoms with Gasteiger partial charge in [-0.05, 0) is 54.9 Å². The highest BCUT2D eigenvalue weighted by Gasteiger charge is 2.24. The van der Waals surface area contributed by atoms with Crippen molar-refractivity contribution in [2.24, 2.45) is 4.99 Å². The van der Waals surface area contributed by atoms with E-state index in [1.165, 1.54) is 0 Å². The van der Waals surface area contributed by atoms with Gasteiger partial charge in [0.2, 0.25) is 0 Å². The molecule has 26 heavy (non-hydrogen) atoms. The van der Waals surface area contributed by atoms with E-state index < -0.39 is 17.2 Å². The van der Waals surface area contributed by atoms with Crippen molar-refractivity contribution >= 4 is 12.1 Å². The van der Waals surface area contributed by atoms with Gasteiger partial charge in [0.05, 0.1) is 11.2 Å². The molecule has 0 aliphatic heterocycles. The number of aromatic nitrogens is 1. The standard InChI is InChI=1S/C18H33N5O3/c1-12-14(13(2)26-23-12)9-10-20-15(19-8)21-11-18(6,7)22-16(24)25-17(3,4)5/h9-11H2,1-8H3,(H,22,24)(H2,19,20,21). The second-order valence-corrected chi connectivity index (χ2v) is 7.92. The van der Waals surface area contributed by atoms with Crippen LogP contribution < -0.4 is 16.0 Å². The minimum Gasteiger partial charge on any atom is -0.444 e. The fourth-order valence-corrected chi connectivity index (χ4v) is 2.31. The highest BCUT2D eigenvalue weighted by molar-refractivity contribution is 5.79. The number of rotatable bonds is 6. The van der Waals surface area contributed by atoms with Crippen LogP contribution in [0.4, 0.5) is 4.79 Å². The molecule has 0 spiro atoms. The Morgan fingerprint density at radius 3 is 2.35 bits per heavy atom. The van der Waals surface area contributed by atoms with Gasteiger partial charge in [-0.3, -0.25) is 4.99 Å². The topological polar surface area (TPSA) is 101 Å². The third-order valence-electron chi connectivity index (χ3n) is 3.61. The van der Waals surface area contributed by atoms with E-state index in [1.54, 1.807) is 7.05 Å². The number of nitrogens with zero attached hydrogens (tertiary/aromatic N) is 2. The number of aliphatic imine (C=N–C) groups is 1. The van der Waals surface area contributed by atoms with Crippen molar-refractivity contribution in [1.82, 2.24) is 21.1 Å². The smallest absolute Gasteiger partial charge is 0.408 e. The molecule has 0 unspecified atom stereocenters. The van der Waals surface area contributed by atoms with E-state index in [4.69, 9.17) is 9.26 Å². The Morgan fingerprint density at radius 1 is 1.19 bits per heavy atom. The van der Waals surface area contributed by atoms with Crippen LogP contribution in [0.1, 0.15) is 51.6 Å². The Balaban J connectivity index is 2.44. The van der Waals surface area contributed by atoms with Crippen molar-refractivity contribution in [3.63, 3.8) is 0 Å². The Labute approximate surface area is 156 Å². The van der Waals surface area contributed by atoms with Gasteiger partial charge < -0.3 is 25.2 Å². The highest BCUT2D eigenvalue weighted by Crippen LogP contribution is 2.12. The fourth-order valence-electron chi connectivity index (χ4n) is 2.31. The van der Waals surface area contributed by atoms with Crippen LogP contribution >= 0.6 is 0 Å². The zero-order chi connectivity index (χ0) is 20.0. The van der Waals surface area contributed by atoms with E-state index in [1.807, 2.05) is 48.5 Å². The molecule has 1 aromatic heterocycles. The number of amides is 1. The molecule has 0 atom stereocenters. The third-order valence-corrected chi connectivity index (χ3v) is 3.61. The lowest BCUT2D eigenvalue weighted by atomic mass is 10.1. The van der Waals surface area contributed by atoms with Crippen molar-refractivity contribution in [3.8, 4) is 0 Å². The van der Waals surface area contributed by atoms with Gasteiger partial charge in [-0.25, -0.2) is 4.79 Å². The molecule has 0 saturated heterocycles. The van der Waals surface area contributed by atoms with Gasteiger partial charge in [0.15, 0.2) is 5.96 Å². The van der Waals surface area contributed by atoms with Crippen molar-refractivity contribution < 1.29 is 14.1 Å². The van der Waals surface area contributed by atoms with Gasteiger partial charge in [-0.2, -0.15) is 0 Å². The van der Waals surface area contributed by atoms with E-state index in [-0.39, 0.29) is 0 Å². The zero-order valence-electron chi connectivity index (χ0n) is 17.2. The average Bonchev–Trinajstić information content (AvgIpc) is 2.79. The predicted molar refractivity (Wildman–Crippen MR) is 102 cm³/mol. The fraction of sp³-hybridized carbons (Fsp3) is 0.722. The van der Waals surface area contributed by atoms with Gasteiger partial charge in [0, 0.05) is 25.7 Å². The number of aryl methyl sites for hydroxylation is 2. The van der Waals surface area contributed by atoms with Gasteiger partial charge in [-0.15, -0.1) is 0 Å². The van der Waals surface area contributed by atoms with Crippen LogP contribution in [0.15, 0.2) is 9.52 Å². The normalized spacial score (nSPS) is 12.7. The summed E-state index contributed by atoms with van der Waals surface area (Å²) < 4.78 is 10.5. The minimum atomic E-state index is -0.524. The number of carbonyl (C=O) groups is 1. The number of alkyl carbamates (subject to hydrolysis) is 1. The molecule has 8 heteroatoms. The third kappa shape index (κ3) is 7.76. The summed E-state index contributed by atoms with van der Waals surface area (Å²) in [5, 5.41) is 13.3. The predicted octanol–water partition coefficient (Wildman–Crippen LogP) is 2.30. The molecule has 0 bridgehead atoms. The summed E-state index contributed by atoms with van der Waals surface area (Å²) >= 11 is 0. The molecule has 3 N–H and O–H groups in total. The SMILES string of the molecule is CN=C(NCCc1c(C)noc1C)NCC(C)(C)NC(=O)OC(C)(C)C. The molecule has 1 rings (SSSR count). The number of carbonyl (C=O) groups excluding carboxylic acids is 1. The molecule has 0 aliphatic carbocycles. The Bertz CT molecular complexity index is 610. The van der Waals surface area contributed by atoms with E-state index >= 15 is 0 Å². The van der Waals surface area contributed by atoms with Crippen LogP contribution in [0.25, 0.3) is 0 Å². The van der Waals surface area contributed by atoms with E-state index in [0.717, 1.165) is 23.4 Å². The first-order valence-corrected chi connectivity index (χ1v) is 8.81. The Morgan fingerprint density at radius 2 is 1.85 bits per heavy atom. The van der Waals surface area contributed by atoms with Crippen molar-refractivity contribution in [3.05, 3.63) is 17.0 Å². The van der Waals surface area contributed by atoms with Gasteiger partial charge in [0.1, 0.15) is 11.4 Å². The summed E-state index contributed by atoms with van der Waals surface area (Å²) in [5.41, 5.74) is 1.00. The molecule has 1 heterocycles. The molecule has 148 valence electrons. The van der Waals surface area contributed by atoms with Crippen LogP contribution in [0.3, 0.4) is 0 Å². The molecular weight excluding hydrogens is 334 g/mol. The zero-order valence-corrected chi connectivity index (χ0v) is 17.2. The summed E-state index contributed by atoms with van der Waals surface area (Å²) in [7, 11) is 1.71. The number of hydrogen-bond acceptors (Lipinski definition) is 5. The van der Waals surface area contributed by atoms with Crippen LogP contribution in [-0.4, -0.2) is 48.5 Å². The van der Waals surface area contributed by atoms with Crippen LogP contribution in [0, 0.1) is 13.8 Å². The highest BCUT2D eigenvalue weighted by atomic mass is 16.6. The Hall–Kier alpha value is -2.25. The Kier molecular flexibility index (Phi) is 7.47. The number of ether oxygens (including phenoxy) is 1. The summed E-state index contributed by atoms with van der Waals surface area (Å²) in [6.45, 7) is 14.4. The molecule has 0 aliphatic rings. The molecule has 0 radical (unpaired) electrons. The number of nitrogens with one attached hydrogen (secondary N) is 3. The second-order valence-electron chi connectivity index (χ2n) is 7.92. The van der Waals surface area contributed by atoms with E-state index in [2.05, 4.69) is 26.1 Å². The van der Waals surface area contributed by atoms with Crippen molar-refractivity contribution in [2.75, 3.05) is 20.1 Å². The molecule has 0 fully saturated rings. The van der Waals surface area contributed by atoms with Gasteiger partial charge in [-0.1, -0.05) is 5.16 Å². The molecule has 1 aromatic rings. The maximum absolute atomic E-state index is 11.9. The first-order valence-electron chi connectivity index (χ1n) is 8.81. The van der Waals surface area contributed by atoms with Gasteiger partial charge in [0.25, 0.3) is 0 Å². The first kappa shape index (κ1) is 21.8. The first-order chi connectivity index (χ1) is 11.9. The summed E-state index contributed by atoms with van der Waals surface area (Å²) in [6.07, 6.45) is 0.354. The maximum atomic E-state index is 11.9. The second kappa shape index (κ2) is 8.91. The van der Waals surface area contributed by atoms with Crippen LogP contribution in [0.2, 0.25) is 0 Å². The van der Waals surface area contributed by atoms with Gasteiger partial charge >= 0.3 is 6.09 Å². The quantitative estimate of drug-likeness (QED) is 0.527. The lowest BCUT2D eigenvalue weighted by Gasteiger charge is -2.29. The van der Waals surface area contributed by atoms with E-state index in [0.29, 0.717) is 19.0 Å². The van der Waals surface area contributed by atoms with Crippen molar-refractivity contribution in [1.29, 1.82) is 0 Å². The summed E-state index contributed by atoms with van der Waals surface area (Å²) in [4.78, 5) is 16.1. The lowest BCUT2D eigenvalue weighted by Crippen LogP contribution is -2.54. The summed E-state index contributed by atoms with van der Waals surface area (Å²) in [5.74, 6) is 1.51. The van der Waals surface area contributed by atoms with Crippen LogP contribution in [-0.2, 0) is 11.2 Å². The molecule has 8 nitrogen and oxygen atoms in total. The maximum Gasteiger partial charge on any atom is 0.408 e. The molecular formula is C18H33N5O3. The molecule has 1 amide bonds. The monoisotopic (exact) mass is 367 g/mol. The van der Waals surface area contributed by atoms with Crippen LogP contribution in [0.5, 0.6) is 0 Å². The number of hydrogen-bond donors (Lipinski definition) is 3. The molecule has 0 saturated carbocycles. The average molecular weight is 367 g/mol. The lowest BCUT2D eigenvalue weighted by molar-refractivity contribution is 0.0474. The summed E-state index contributed by atoms with van der Waals surface area (Å²) in [6, 6.07) is 0.